The van der Waals surface area contributed by atoms with Crippen molar-refractivity contribution in [2.75, 3.05) is 11.9 Å². The first kappa shape index (κ1) is 15.7. The van der Waals surface area contributed by atoms with Crippen molar-refractivity contribution in [2.24, 2.45) is 0 Å². The van der Waals surface area contributed by atoms with Gasteiger partial charge in [-0.3, -0.25) is 0 Å². The molecule has 0 saturated heterocycles. The second-order valence-electron chi connectivity index (χ2n) is 5.35. The molecule has 1 unspecified atom stereocenters. The molecule has 5 heteroatoms. The molecule has 2 N–H and O–H groups in total. The van der Waals surface area contributed by atoms with E-state index in [1.807, 2.05) is 26.8 Å². The van der Waals surface area contributed by atoms with Crippen LogP contribution in [-0.2, 0) is 0 Å². The van der Waals surface area contributed by atoms with Crippen LogP contribution in [0.4, 0.5) is 5.95 Å². The standard InChI is InChI=1S/C14H25N3O2/c1-6-14(5,7-8-18)17-13-15-11(4)9-12(16-13)19-10(2)3/h9-10,18H,6-8H2,1-5H3,(H,15,16,17). The molecule has 0 amide bonds. The molecule has 1 aromatic heterocycles. The lowest BCUT2D eigenvalue weighted by Crippen LogP contribution is -2.36. The number of nitrogens with zero attached hydrogens (tertiary/aromatic N) is 2. The van der Waals surface area contributed by atoms with E-state index in [2.05, 4.69) is 29.1 Å². The third-order valence-corrected chi connectivity index (χ3v) is 3.04. The highest BCUT2D eigenvalue weighted by Gasteiger charge is 2.22. The Hall–Kier alpha value is -1.36. The lowest BCUT2D eigenvalue weighted by Gasteiger charge is -2.29. The van der Waals surface area contributed by atoms with Crippen molar-refractivity contribution >= 4 is 5.95 Å². The van der Waals surface area contributed by atoms with E-state index in [4.69, 9.17) is 9.84 Å². The second-order valence-corrected chi connectivity index (χ2v) is 5.35. The van der Waals surface area contributed by atoms with Crippen LogP contribution >= 0.6 is 0 Å². The zero-order valence-electron chi connectivity index (χ0n) is 12.5. The van der Waals surface area contributed by atoms with Gasteiger partial charge < -0.3 is 15.2 Å². The van der Waals surface area contributed by atoms with Crippen molar-refractivity contribution in [3.8, 4) is 5.88 Å². The number of hydrogen-bond donors (Lipinski definition) is 2. The highest BCUT2D eigenvalue weighted by atomic mass is 16.5. The molecule has 1 atom stereocenters. The first-order valence-electron chi connectivity index (χ1n) is 6.80. The van der Waals surface area contributed by atoms with Gasteiger partial charge in [0.25, 0.3) is 0 Å². The van der Waals surface area contributed by atoms with Gasteiger partial charge in [-0.1, -0.05) is 6.92 Å². The Morgan fingerprint density at radius 3 is 2.63 bits per heavy atom. The van der Waals surface area contributed by atoms with Crippen molar-refractivity contribution < 1.29 is 9.84 Å². The lowest BCUT2D eigenvalue weighted by atomic mass is 9.95. The van der Waals surface area contributed by atoms with E-state index >= 15 is 0 Å². The average molecular weight is 267 g/mol. The predicted octanol–water partition coefficient (Wildman–Crippen LogP) is 2.54. The van der Waals surface area contributed by atoms with E-state index in [1.54, 1.807) is 0 Å². The smallest absolute Gasteiger partial charge is 0.226 e. The Bertz CT molecular complexity index is 410. The topological polar surface area (TPSA) is 67.3 Å². The maximum absolute atomic E-state index is 9.13. The summed E-state index contributed by atoms with van der Waals surface area (Å²) in [6.45, 7) is 10.1. The number of ether oxygens (including phenoxy) is 1. The van der Waals surface area contributed by atoms with Crippen LogP contribution in [0.3, 0.4) is 0 Å². The molecule has 0 aliphatic heterocycles. The zero-order chi connectivity index (χ0) is 14.5. The monoisotopic (exact) mass is 267 g/mol. The largest absolute Gasteiger partial charge is 0.475 e. The van der Waals surface area contributed by atoms with Crippen LogP contribution in [0.25, 0.3) is 0 Å². The van der Waals surface area contributed by atoms with Gasteiger partial charge >= 0.3 is 0 Å². The van der Waals surface area contributed by atoms with E-state index < -0.39 is 0 Å². The molecular weight excluding hydrogens is 242 g/mol. The Kier molecular flexibility index (Phi) is 5.54. The Labute approximate surface area is 115 Å². The number of nitrogens with one attached hydrogen (secondary N) is 1. The van der Waals surface area contributed by atoms with Crippen molar-refractivity contribution in [3.63, 3.8) is 0 Å². The van der Waals surface area contributed by atoms with Gasteiger partial charge in [0.2, 0.25) is 11.8 Å². The minimum absolute atomic E-state index is 0.0807. The molecule has 0 aliphatic carbocycles. The summed E-state index contributed by atoms with van der Waals surface area (Å²) < 4.78 is 5.60. The summed E-state index contributed by atoms with van der Waals surface area (Å²) in [6.07, 6.45) is 1.61. The number of hydrogen-bond acceptors (Lipinski definition) is 5. The van der Waals surface area contributed by atoms with Gasteiger partial charge in [-0.2, -0.15) is 4.98 Å². The molecule has 0 radical (unpaired) electrons. The van der Waals surface area contributed by atoms with E-state index in [-0.39, 0.29) is 18.2 Å². The molecule has 0 aromatic carbocycles. The summed E-state index contributed by atoms with van der Waals surface area (Å²) in [5, 5.41) is 12.4. The van der Waals surface area contributed by atoms with Crippen LogP contribution in [0.2, 0.25) is 0 Å². The molecule has 0 bridgehead atoms. The summed E-state index contributed by atoms with van der Waals surface area (Å²) in [6, 6.07) is 1.82. The number of aromatic nitrogens is 2. The molecule has 0 aliphatic rings. The van der Waals surface area contributed by atoms with Gasteiger partial charge in [0, 0.05) is 23.9 Å². The minimum Gasteiger partial charge on any atom is -0.475 e. The Morgan fingerprint density at radius 1 is 1.42 bits per heavy atom. The third kappa shape index (κ3) is 5.03. The number of anilines is 1. The average Bonchev–Trinajstić information content (AvgIpc) is 2.27. The quantitative estimate of drug-likeness (QED) is 0.794. The molecule has 1 heterocycles. The van der Waals surface area contributed by atoms with Crippen LogP contribution in [0.5, 0.6) is 5.88 Å². The maximum Gasteiger partial charge on any atom is 0.226 e. The Morgan fingerprint density at radius 2 is 2.11 bits per heavy atom. The van der Waals surface area contributed by atoms with Crippen molar-refractivity contribution in [2.45, 2.75) is 59.1 Å². The fourth-order valence-electron chi connectivity index (χ4n) is 1.74. The molecule has 0 fully saturated rings. The molecule has 1 aromatic rings. The van der Waals surface area contributed by atoms with Gasteiger partial charge in [-0.15, -0.1) is 0 Å². The van der Waals surface area contributed by atoms with Gasteiger partial charge in [0.1, 0.15) is 0 Å². The molecule has 5 nitrogen and oxygen atoms in total. The normalized spacial score (nSPS) is 14.3. The Balaban J connectivity index is 2.90. The molecular formula is C14H25N3O2. The van der Waals surface area contributed by atoms with Gasteiger partial charge in [-0.05, 0) is 40.5 Å². The fourth-order valence-corrected chi connectivity index (χ4v) is 1.74. The van der Waals surface area contributed by atoms with Crippen LogP contribution in [-0.4, -0.2) is 33.3 Å². The van der Waals surface area contributed by atoms with E-state index in [0.717, 1.165) is 12.1 Å². The first-order chi connectivity index (χ1) is 8.88. The summed E-state index contributed by atoms with van der Waals surface area (Å²) in [4.78, 5) is 8.74. The first-order valence-corrected chi connectivity index (χ1v) is 6.80. The van der Waals surface area contributed by atoms with Gasteiger partial charge in [0.15, 0.2) is 0 Å². The lowest BCUT2D eigenvalue weighted by molar-refractivity contribution is 0.232. The molecule has 0 spiro atoms. The van der Waals surface area contributed by atoms with E-state index in [9.17, 15) is 0 Å². The number of aliphatic hydroxyl groups excluding tert-OH is 1. The predicted molar refractivity (Wildman–Crippen MR) is 76.6 cm³/mol. The molecule has 0 saturated carbocycles. The zero-order valence-corrected chi connectivity index (χ0v) is 12.5. The van der Waals surface area contributed by atoms with Gasteiger partial charge in [-0.25, -0.2) is 4.98 Å². The molecule has 19 heavy (non-hydrogen) atoms. The summed E-state index contributed by atoms with van der Waals surface area (Å²) >= 11 is 0. The molecule has 1 rings (SSSR count). The van der Waals surface area contributed by atoms with Crippen molar-refractivity contribution in [1.29, 1.82) is 0 Å². The number of rotatable bonds is 7. The summed E-state index contributed by atoms with van der Waals surface area (Å²) in [5.74, 6) is 1.13. The van der Waals surface area contributed by atoms with Crippen molar-refractivity contribution in [1.82, 2.24) is 9.97 Å². The number of aryl methyl sites for hydroxylation is 1. The van der Waals surface area contributed by atoms with Crippen LogP contribution in [0.1, 0.15) is 46.2 Å². The second kappa shape index (κ2) is 6.70. The third-order valence-electron chi connectivity index (χ3n) is 3.04. The van der Waals surface area contributed by atoms with Crippen LogP contribution in [0.15, 0.2) is 6.07 Å². The van der Waals surface area contributed by atoms with E-state index in [0.29, 0.717) is 18.2 Å². The summed E-state index contributed by atoms with van der Waals surface area (Å²) in [5.41, 5.74) is 0.646. The van der Waals surface area contributed by atoms with E-state index in [1.165, 1.54) is 0 Å². The van der Waals surface area contributed by atoms with Gasteiger partial charge in [0.05, 0.1) is 6.10 Å². The summed E-state index contributed by atoms with van der Waals surface area (Å²) in [7, 11) is 0. The fraction of sp³-hybridized carbons (Fsp3) is 0.714. The highest BCUT2D eigenvalue weighted by molar-refractivity contribution is 5.33. The molecule has 108 valence electrons. The minimum atomic E-state index is -0.211. The van der Waals surface area contributed by atoms with Crippen LogP contribution in [0, 0.1) is 6.92 Å². The van der Waals surface area contributed by atoms with Crippen LogP contribution < -0.4 is 10.1 Å². The van der Waals surface area contributed by atoms with Crippen molar-refractivity contribution in [3.05, 3.63) is 11.8 Å². The SMILES string of the molecule is CCC(C)(CCO)Nc1nc(C)cc(OC(C)C)n1. The highest BCUT2D eigenvalue weighted by Crippen LogP contribution is 2.21. The maximum atomic E-state index is 9.13. The number of aliphatic hydroxyl groups is 1.